The highest BCUT2D eigenvalue weighted by molar-refractivity contribution is 5.94. The van der Waals surface area contributed by atoms with Gasteiger partial charge in [-0.25, -0.2) is 0 Å². The monoisotopic (exact) mass is 341 g/mol. The average molecular weight is 341 g/mol. The highest BCUT2D eigenvalue weighted by Crippen LogP contribution is 2.15. The first kappa shape index (κ1) is 17.6. The number of benzene rings is 1. The highest BCUT2D eigenvalue weighted by atomic mass is 16.1. The summed E-state index contributed by atoms with van der Waals surface area (Å²) in [6, 6.07) is 8.41. The molecule has 0 saturated heterocycles. The van der Waals surface area contributed by atoms with Gasteiger partial charge in [0.05, 0.1) is 0 Å². The fourth-order valence-electron chi connectivity index (χ4n) is 3.22. The number of nitrogens with one attached hydrogen (secondary N) is 3. The molecule has 0 unspecified atom stereocenters. The van der Waals surface area contributed by atoms with Crippen LogP contribution in [0.3, 0.4) is 0 Å². The van der Waals surface area contributed by atoms with E-state index in [1.807, 2.05) is 6.07 Å². The van der Waals surface area contributed by atoms with Crippen LogP contribution in [0.15, 0.2) is 24.3 Å². The zero-order valence-electron chi connectivity index (χ0n) is 15.1. The maximum Gasteiger partial charge on any atom is 0.272 e. The van der Waals surface area contributed by atoms with Crippen molar-refractivity contribution in [3.8, 4) is 0 Å². The van der Waals surface area contributed by atoms with Gasteiger partial charge < -0.3 is 10.6 Å². The van der Waals surface area contributed by atoms with Gasteiger partial charge in [0.1, 0.15) is 0 Å². The molecule has 1 aromatic heterocycles. The second kappa shape index (κ2) is 8.27. The van der Waals surface area contributed by atoms with Gasteiger partial charge in [-0.3, -0.25) is 14.8 Å². The summed E-state index contributed by atoms with van der Waals surface area (Å²) in [5.41, 5.74) is 4.97. The lowest BCUT2D eigenvalue weighted by molar-refractivity contribution is 0.0944. The molecule has 0 bridgehead atoms. The molecule has 6 heteroatoms. The summed E-state index contributed by atoms with van der Waals surface area (Å²) in [5, 5.41) is 13.5. The van der Waals surface area contributed by atoms with Crippen LogP contribution in [0.1, 0.15) is 46.7 Å². The molecule has 1 aromatic carbocycles. The summed E-state index contributed by atoms with van der Waals surface area (Å²) < 4.78 is 0. The predicted molar refractivity (Wildman–Crippen MR) is 98.2 cm³/mol. The van der Waals surface area contributed by atoms with Crippen LogP contribution in [-0.2, 0) is 26.1 Å². The number of nitrogens with zero attached hydrogens (tertiary/aromatic N) is 2. The lowest BCUT2D eigenvalue weighted by Crippen LogP contribution is -2.28. The predicted octanol–water partition coefficient (Wildman–Crippen LogP) is 1.83. The molecule has 1 amide bonds. The minimum atomic E-state index is -0.115. The molecule has 0 fully saturated rings. The number of H-pyrrole nitrogens is 1. The Balaban J connectivity index is 1.61. The van der Waals surface area contributed by atoms with Crippen LogP contribution in [0.4, 0.5) is 0 Å². The lowest BCUT2D eigenvalue weighted by atomic mass is 10.1. The van der Waals surface area contributed by atoms with Crippen molar-refractivity contribution in [3.05, 3.63) is 52.3 Å². The number of aromatic nitrogens is 2. The summed E-state index contributed by atoms with van der Waals surface area (Å²) in [4.78, 5) is 14.9. The molecule has 3 N–H and O–H groups in total. The number of fused-ring (bicyclic) bond motifs is 1. The number of aromatic amines is 1. The van der Waals surface area contributed by atoms with E-state index in [9.17, 15) is 4.79 Å². The third-order valence-electron chi connectivity index (χ3n) is 4.77. The molecular formula is C19H27N5O. The number of carbonyl (C=O) groups is 1. The quantitative estimate of drug-likeness (QED) is 0.718. The van der Waals surface area contributed by atoms with Crippen LogP contribution < -0.4 is 10.6 Å². The second-order valence-electron chi connectivity index (χ2n) is 6.42. The molecule has 2 heterocycles. The molecule has 134 valence electrons. The Labute approximate surface area is 149 Å². The third kappa shape index (κ3) is 4.27. The summed E-state index contributed by atoms with van der Waals surface area (Å²) in [7, 11) is 0. The zero-order valence-corrected chi connectivity index (χ0v) is 15.1. The molecule has 3 rings (SSSR count). The van der Waals surface area contributed by atoms with Gasteiger partial charge in [-0.1, -0.05) is 38.1 Å². The van der Waals surface area contributed by atoms with Crippen molar-refractivity contribution < 1.29 is 4.79 Å². The Morgan fingerprint density at radius 2 is 2.08 bits per heavy atom. The maximum absolute atomic E-state index is 12.5. The van der Waals surface area contributed by atoms with Crippen LogP contribution in [-0.4, -0.2) is 40.6 Å². The summed E-state index contributed by atoms with van der Waals surface area (Å²) in [6.45, 7) is 9.50. The Bertz CT molecular complexity index is 720. The molecule has 0 aliphatic carbocycles. The van der Waals surface area contributed by atoms with Crippen LogP contribution in [0.25, 0.3) is 0 Å². The Morgan fingerprint density at radius 3 is 2.88 bits per heavy atom. The summed E-state index contributed by atoms with van der Waals surface area (Å²) in [6.07, 6.45) is 0.892. The summed E-state index contributed by atoms with van der Waals surface area (Å²) >= 11 is 0. The number of amides is 1. The van der Waals surface area contributed by atoms with Crippen molar-refractivity contribution in [2.24, 2.45) is 0 Å². The van der Waals surface area contributed by atoms with Gasteiger partial charge in [0.2, 0.25) is 0 Å². The molecule has 25 heavy (non-hydrogen) atoms. The van der Waals surface area contributed by atoms with Crippen molar-refractivity contribution in [2.75, 3.05) is 19.6 Å². The Kier molecular flexibility index (Phi) is 5.83. The van der Waals surface area contributed by atoms with E-state index in [-0.39, 0.29) is 5.91 Å². The van der Waals surface area contributed by atoms with E-state index in [1.165, 1.54) is 5.56 Å². The van der Waals surface area contributed by atoms with Crippen molar-refractivity contribution >= 4 is 5.91 Å². The van der Waals surface area contributed by atoms with Gasteiger partial charge >= 0.3 is 0 Å². The van der Waals surface area contributed by atoms with E-state index in [2.05, 4.69) is 57.8 Å². The van der Waals surface area contributed by atoms with E-state index in [0.717, 1.165) is 49.4 Å². The molecule has 0 atom stereocenters. The van der Waals surface area contributed by atoms with E-state index >= 15 is 0 Å². The van der Waals surface area contributed by atoms with Gasteiger partial charge in [0, 0.05) is 43.9 Å². The average Bonchev–Trinajstić information content (AvgIpc) is 3.09. The van der Waals surface area contributed by atoms with E-state index in [1.54, 1.807) is 0 Å². The van der Waals surface area contributed by atoms with Gasteiger partial charge in [0.15, 0.2) is 5.69 Å². The van der Waals surface area contributed by atoms with Crippen molar-refractivity contribution in [3.63, 3.8) is 0 Å². The first-order valence-electron chi connectivity index (χ1n) is 9.06. The molecule has 2 aromatic rings. The first-order valence-corrected chi connectivity index (χ1v) is 9.06. The van der Waals surface area contributed by atoms with E-state index in [0.29, 0.717) is 18.8 Å². The molecule has 6 nitrogen and oxygen atoms in total. The Morgan fingerprint density at radius 1 is 1.28 bits per heavy atom. The van der Waals surface area contributed by atoms with Crippen LogP contribution in [0, 0.1) is 0 Å². The van der Waals surface area contributed by atoms with Crippen LogP contribution in [0.2, 0.25) is 0 Å². The maximum atomic E-state index is 12.5. The molecule has 0 spiro atoms. The molecule has 0 radical (unpaired) electrons. The molecule has 1 aliphatic rings. The smallest absolute Gasteiger partial charge is 0.272 e. The molecular weight excluding hydrogens is 314 g/mol. The zero-order chi connectivity index (χ0) is 17.6. The van der Waals surface area contributed by atoms with Gasteiger partial charge in [0.25, 0.3) is 5.91 Å². The van der Waals surface area contributed by atoms with Crippen molar-refractivity contribution in [1.29, 1.82) is 0 Å². The molecule has 1 aliphatic heterocycles. The topological polar surface area (TPSA) is 73.0 Å². The van der Waals surface area contributed by atoms with E-state index in [4.69, 9.17) is 0 Å². The first-order chi connectivity index (χ1) is 12.2. The van der Waals surface area contributed by atoms with E-state index < -0.39 is 0 Å². The largest absolute Gasteiger partial charge is 0.347 e. The van der Waals surface area contributed by atoms with Gasteiger partial charge in [-0.2, -0.15) is 5.10 Å². The number of carbonyl (C=O) groups excluding carboxylic acids is 1. The van der Waals surface area contributed by atoms with Crippen LogP contribution in [0.5, 0.6) is 0 Å². The lowest BCUT2D eigenvalue weighted by Gasteiger charge is -2.18. The Hall–Kier alpha value is -2.18. The normalized spacial score (nSPS) is 13.7. The second-order valence-corrected chi connectivity index (χ2v) is 6.42. The minimum Gasteiger partial charge on any atom is -0.347 e. The van der Waals surface area contributed by atoms with Gasteiger partial charge in [-0.05, 0) is 24.2 Å². The third-order valence-corrected chi connectivity index (χ3v) is 4.77. The number of hydrogen-bond acceptors (Lipinski definition) is 4. The molecule has 0 saturated carbocycles. The summed E-state index contributed by atoms with van der Waals surface area (Å²) in [5.74, 6) is -0.115. The SMILES string of the molecule is CCN(CC)Cc1cccc(CNC(=O)c2n[nH]c3c2CNCC3)c1. The van der Waals surface area contributed by atoms with Crippen molar-refractivity contribution in [1.82, 2.24) is 25.7 Å². The van der Waals surface area contributed by atoms with Crippen molar-refractivity contribution in [2.45, 2.75) is 39.9 Å². The number of rotatable bonds is 7. The number of hydrogen-bond donors (Lipinski definition) is 3. The minimum absolute atomic E-state index is 0.115. The fourth-order valence-corrected chi connectivity index (χ4v) is 3.22. The van der Waals surface area contributed by atoms with Crippen LogP contribution >= 0.6 is 0 Å². The van der Waals surface area contributed by atoms with Gasteiger partial charge in [-0.15, -0.1) is 0 Å². The standard InChI is InChI=1S/C19H27N5O/c1-3-24(4-2)13-15-7-5-6-14(10-15)11-21-19(25)18-16-12-20-9-8-17(16)22-23-18/h5-7,10,20H,3-4,8-9,11-13H2,1-2H3,(H,21,25)(H,22,23). The fraction of sp³-hybridized carbons (Fsp3) is 0.474. The highest BCUT2D eigenvalue weighted by Gasteiger charge is 2.21.